The molecule has 350 valence electrons. The lowest BCUT2D eigenvalue weighted by Crippen LogP contribution is -2.42. The Labute approximate surface area is 368 Å². The minimum atomic E-state index is -5.08. The molecular weight excluding hydrogens is 915 g/mol. The van der Waals surface area contributed by atoms with Gasteiger partial charge in [-0.05, 0) is 79.1 Å². The first kappa shape index (κ1) is 51.2. The molecule has 0 aliphatic carbocycles. The molecule has 0 bridgehead atoms. The number of rotatable bonds is 9. The van der Waals surface area contributed by atoms with Crippen LogP contribution in [0.15, 0.2) is 107 Å². The number of ether oxygens (including phenoxy) is 2. The number of aldehydes is 1. The first-order valence-corrected chi connectivity index (χ1v) is 21.7. The minimum absolute atomic E-state index is 0.0917. The third-order valence-corrected chi connectivity index (χ3v) is 12.9. The fourth-order valence-electron chi connectivity index (χ4n) is 6.33. The standard InChI is InChI=1S/C21H25N3O3S.C17H15NO4S.2C2HF3O2/c1-16-6-7-20(27-2)21(14-16)28(25,26)24-11-8-18-17(4-3-5-19(18)24)15-23-12-9-22-10-13-23;1-12-6-7-16(22-2)17(10-12)23(20,21)18-9-8-14-13(11-19)4-3-5-15(14)18;2*3-2(4,5)1(6)7/h3-8,11,14,22H,9-10,12-13,15H2,1-2H3;3-11H,1-2H3;2*(H,6,7). The van der Waals surface area contributed by atoms with Crippen LogP contribution >= 0.6 is 0 Å². The molecule has 65 heavy (non-hydrogen) atoms. The first-order chi connectivity index (χ1) is 30.4. The van der Waals surface area contributed by atoms with Crippen LogP contribution in [0.25, 0.3) is 21.8 Å². The Bertz CT molecular complexity index is 2870. The van der Waals surface area contributed by atoms with Gasteiger partial charge in [0.1, 0.15) is 21.3 Å². The van der Waals surface area contributed by atoms with Crippen LogP contribution in [-0.2, 0) is 36.2 Å². The number of fused-ring (bicyclic) bond motifs is 2. The third kappa shape index (κ3) is 12.4. The van der Waals surface area contributed by atoms with Crippen LogP contribution in [0, 0.1) is 13.8 Å². The van der Waals surface area contributed by atoms with Crippen LogP contribution in [0.2, 0.25) is 0 Å². The number of aryl methyl sites for hydroxylation is 2. The second-order valence-electron chi connectivity index (χ2n) is 13.9. The number of methoxy groups -OCH3 is 2. The van der Waals surface area contributed by atoms with E-state index in [9.17, 15) is 48.0 Å². The Morgan fingerprint density at radius 3 is 1.51 bits per heavy atom. The number of hydrogen-bond acceptors (Lipinski definition) is 11. The number of aliphatic carboxylic acids is 2. The largest absolute Gasteiger partial charge is 0.495 e. The highest BCUT2D eigenvalue weighted by Crippen LogP contribution is 2.32. The number of nitrogens with one attached hydrogen (secondary N) is 1. The van der Waals surface area contributed by atoms with Crippen molar-refractivity contribution in [1.29, 1.82) is 0 Å². The van der Waals surface area contributed by atoms with Gasteiger partial charge in [-0.15, -0.1) is 0 Å². The molecule has 1 saturated heterocycles. The average molecular weight is 957 g/mol. The van der Waals surface area contributed by atoms with E-state index in [1.165, 1.54) is 28.4 Å². The van der Waals surface area contributed by atoms with Gasteiger partial charge in [-0.2, -0.15) is 26.3 Å². The van der Waals surface area contributed by atoms with E-state index in [-0.39, 0.29) is 15.5 Å². The van der Waals surface area contributed by atoms with E-state index in [1.807, 2.05) is 38.1 Å². The zero-order valence-electron chi connectivity index (χ0n) is 34.8. The summed E-state index contributed by atoms with van der Waals surface area (Å²) in [6, 6.07) is 24.6. The summed E-state index contributed by atoms with van der Waals surface area (Å²) in [5, 5.41) is 19.2. The van der Waals surface area contributed by atoms with Crippen LogP contribution in [0.1, 0.15) is 27.0 Å². The predicted octanol–water partition coefficient (Wildman–Crippen LogP) is 6.87. The molecule has 0 spiro atoms. The lowest BCUT2D eigenvalue weighted by molar-refractivity contribution is -0.193. The number of nitrogens with zero attached hydrogens (tertiary/aromatic N) is 3. The summed E-state index contributed by atoms with van der Waals surface area (Å²) in [4.78, 5) is 31.6. The van der Waals surface area contributed by atoms with Gasteiger partial charge in [-0.25, -0.2) is 34.4 Å². The van der Waals surface area contributed by atoms with Crippen molar-refractivity contribution >= 4 is 60.1 Å². The van der Waals surface area contributed by atoms with Gasteiger partial charge in [-0.1, -0.05) is 36.4 Å². The molecule has 0 atom stereocenters. The van der Waals surface area contributed by atoms with Gasteiger partial charge in [0.05, 0.1) is 25.3 Å². The van der Waals surface area contributed by atoms with Crippen molar-refractivity contribution < 1.29 is 77.2 Å². The molecular formula is C42H42F6N4O11S2. The molecule has 1 fully saturated rings. The van der Waals surface area contributed by atoms with E-state index in [2.05, 4.69) is 16.3 Å². The molecule has 4 aromatic carbocycles. The van der Waals surface area contributed by atoms with Gasteiger partial charge >= 0.3 is 24.3 Å². The van der Waals surface area contributed by atoms with Gasteiger partial charge < -0.3 is 25.0 Å². The normalized spacial score (nSPS) is 13.3. The Hall–Kier alpha value is -6.43. The van der Waals surface area contributed by atoms with Gasteiger partial charge in [0, 0.05) is 61.5 Å². The van der Waals surface area contributed by atoms with E-state index in [4.69, 9.17) is 29.3 Å². The number of alkyl halides is 6. The molecule has 6 aromatic rings. The maximum absolute atomic E-state index is 13.4. The third-order valence-electron chi connectivity index (χ3n) is 9.45. The molecule has 1 aliphatic rings. The lowest BCUT2D eigenvalue weighted by Gasteiger charge is -2.27. The SMILES string of the molecule is COc1ccc(C)cc1S(=O)(=O)n1ccc2c(C=O)cccc21.COc1ccc(C)cc1S(=O)(=O)n1ccc2c(CN3CCNCC3)cccc21.O=C(O)C(F)(F)F.O=C(O)C(F)(F)F. The average Bonchev–Trinajstić information content (AvgIpc) is 3.91. The topological polar surface area (TPSA) is 204 Å². The summed E-state index contributed by atoms with van der Waals surface area (Å²) in [5.41, 5.74) is 4.43. The molecule has 7 rings (SSSR count). The molecule has 0 saturated carbocycles. The van der Waals surface area contributed by atoms with Crippen molar-refractivity contribution in [2.24, 2.45) is 0 Å². The van der Waals surface area contributed by atoms with E-state index < -0.39 is 44.3 Å². The fourth-order valence-corrected chi connectivity index (χ4v) is 9.51. The van der Waals surface area contributed by atoms with Gasteiger partial charge in [0.15, 0.2) is 6.29 Å². The monoisotopic (exact) mass is 956 g/mol. The van der Waals surface area contributed by atoms with Gasteiger partial charge in [0.25, 0.3) is 20.0 Å². The summed E-state index contributed by atoms with van der Waals surface area (Å²) in [5.74, 6) is -4.88. The van der Waals surface area contributed by atoms with E-state index in [0.717, 1.165) is 54.8 Å². The van der Waals surface area contributed by atoms with Crippen molar-refractivity contribution in [2.75, 3.05) is 40.4 Å². The zero-order valence-corrected chi connectivity index (χ0v) is 36.5. The Morgan fingerprint density at radius 2 is 1.09 bits per heavy atom. The van der Waals surface area contributed by atoms with E-state index in [0.29, 0.717) is 34.0 Å². The summed E-state index contributed by atoms with van der Waals surface area (Å²) >= 11 is 0. The number of carboxylic acid groups (broad SMARTS) is 2. The quantitative estimate of drug-likeness (QED) is 0.100. The highest BCUT2D eigenvalue weighted by atomic mass is 32.2. The fraction of sp³-hybridized carbons (Fsp3) is 0.262. The second kappa shape index (κ2) is 21.0. The number of carboxylic acids is 2. The maximum Gasteiger partial charge on any atom is 0.490 e. The first-order valence-electron chi connectivity index (χ1n) is 18.9. The Morgan fingerprint density at radius 1 is 0.677 bits per heavy atom. The summed E-state index contributed by atoms with van der Waals surface area (Å²) in [6.45, 7) is 8.47. The molecule has 0 unspecified atom stereocenters. The lowest BCUT2D eigenvalue weighted by atomic mass is 10.1. The van der Waals surface area contributed by atoms with E-state index >= 15 is 0 Å². The summed E-state index contributed by atoms with van der Waals surface area (Å²) in [6.07, 6.45) is -6.36. The Kier molecular flexibility index (Phi) is 16.6. The van der Waals surface area contributed by atoms with Crippen molar-refractivity contribution in [3.63, 3.8) is 0 Å². The smallest absolute Gasteiger partial charge is 0.490 e. The van der Waals surface area contributed by atoms with Crippen LogP contribution < -0.4 is 14.8 Å². The number of aromatic nitrogens is 2. The number of carbonyl (C=O) groups excluding carboxylic acids is 1. The van der Waals surface area contributed by atoms with Crippen molar-refractivity contribution in [2.45, 2.75) is 42.5 Å². The summed E-state index contributed by atoms with van der Waals surface area (Å²) in [7, 11) is -4.68. The molecule has 15 nitrogen and oxygen atoms in total. The van der Waals surface area contributed by atoms with Gasteiger partial charge in [-0.3, -0.25) is 9.69 Å². The molecule has 3 N–H and O–H groups in total. The number of carbonyl (C=O) groups is 3. The van der Waals surface area contributed by atoms with Crippen molar-refractivity contribution in [1.82, 2.24) is 18.2 Å². The van der Waals surface area contributed by atoms with Crippen LogP contribution in [0.5, 0.6) is 11.5 Å². The molecule has 0 amide bonds. The Balaban J connectivity index is 0.000000223. The van der Waals surface area contributed by atoms with Crippen molar-refractivity contribution in [3.05, 3.63) is 120 Å². The molecule has 3 heterocycles. The van der Waals surface area contributed by atoms with Crippen LogP contribution in [0.3, 0.4) is 0 Å². The minimum Gasteiger partial charge on any atom is -0.495 e. The molecule has 23 heteroatoms. The summed E-state index contributed by atoms with van der Waals surface area (Å²) < 4.78 is 129. The van der Waals surface area contributed by atoms with Crippen LogP contribution in [0.4, 0.5) is 26.3 Å². The number of hydrogen-bond donors (Lipinski definition) is 3. The van der Waals surface area contributed by atoms with Gasteiger partial charge in [0.2, 0.25) is 0 Å². The van der Waals surface area contributed by atoms with Crippen molar-refractivity contribution in [3.8, 4) is 11.5 Å². The highest BCUT2D eigenvalue weighted by molar-refractivity contribution is 7.90. The number of piperazine rings is 1. The maximum atomic E-state index is 13.4. The predicted molar refractivity (Wildman–Crippen MR) is 225 cm³/mol. The number of halogens is 6. The second-order valence-corrected chi connectivity index (χ2v) is 17.5. The van der Waals surface area contributed by atoms with Crippen LogP contribution in [-0.4, -0.2) is 111 Å². The number of benzene rings is 4. The van der Waals surface area contributed by atoms with E-state index in [1.54, 1.807) is 60.8 Å². The highest BCUT2D eigenvalue weighted by Gasteiger charge is 2.39. The zero-order chi connectivity index (χ0) is 48.5. The molecule has 1 aliphatic heterocycles. The molecule has 2 aromatic heterocycles. The molecule has 0 radical (unpaired) electrons.